The molecule has 3 rings (SSSR count). The van der Waals surface area contributed by atoms with Gasteiger partial charge < -0.3 is 14.5 Å². The summed E-state index contributed by atoms with van der Waals surface area (Å²) in [5.74, 6) is -0.992. The third-order valence-corrected chi connectivity index (χ3v) is 6.72. The van der Waals surface area contributed by atoms with Crippen LogP contribution in [0.5, 0.6) is 0 Å². The van der Waals surface area contributed by atoms with Crippen LogP contribution >= 0.6 is 31.9 Å². The molecule has 1 unspecified atom stereocenters. The number of benzene rings is 1. The molecule has 1 atom stereocenters. The van der Waals surface area contributed by atoms with Gasteiger partial charge in [0.05, 0.1) is 16.0 Å². The summed E-state index contributed by atoms with van der Waals surface area (Å²) < 4.78 is 37.8. The van der Waals surface area contributed by atoms with E-state index in [0.29, 0.717) is 21.3 Å². The third-order valence-electron chi connectivity index (χ3n) is 3.52. The summed E-state index contributed by atoms with van der Waals surface area (Å²) in [6, 6.07) is 6.15. The molecule has 8 nitrogen and oxygen atoms in total. The largest absolute Gasteiger partial charge is 0.464 e. The van der Waals surface area contributed by atoms with E-state index in [1.807, 2.05) is 0 Å². The highest BCUT2D eigenvalue weighted by molar-refractivity contribution is 9.13. The molecule has 0 spiro atoms. The topological polar surface area (TPSA) is 115 Å². The number of hydrogen-bond acceptors (Lipinski definition) is 6. The van der Waals surface area contributed by atoms with Gasteiger partial charge in [-0.15, -0.1) is 0 Å². The summed E-state index contributed by atoms with van der Waals surface area (Å²) in [6.45, 7) is 0.190. The maximum atomic E-state index is 12.3. The summed E-state index contributed by atoms with van der Waals surface area (Å²) in [4.78, 5) is 23.5. The molecule has 0 aliphatic carbocycles. The number of cyclic esters (lactones) is 1. The van der Waals surface area contributed by atoms with Crippen molar-refractivity contribution in [3.05, 3.63) is 45.2 Å². The molecule has 2 aromatic rings. The summed E-state index contributed by atoms with van der Waals surface area (Å²) in [6.07, 6.45) is 0.292. The number of halogens is 2. The number of furan rings is 1. The maximum absolute atomic E-state index is 12.3. The van der Waals surface area contributed by atoms with Crippen molar-refractivity contribution in [3.8, 4) is 0 Å². The van der Waals surface area contributed by atoms with Crippen molar-refractivity contribution in [2.45, 2.75) is 17.4 Å². The van der Waals surface area contributed by atoms with Gasteiger partial charge in [0.15, 0.2) is 10.4 Å². The Balaban J connectivity index is 1.69. The van der Waals surface area contributed by atoms with E-state index in [2.05, 4.69) is 41.9 Å². The Labute approximate surface area is 165 Å². The Morgan fingerprint density at radius 1 is 1.19 bits per heavy atom. The standard InChI is InChI=1S/C15H12Br2N2O6S/c16-10-7-12(25-13(10)17)14(20)18-8-1-3-9(4-2-8)26(22,23)19-11-5-6-24-15(11)21/h1-4,7,11,19H,5-6H2,(H,18,20). The van der Waals surface area contributed by atoms with E-state index in [1.165, 1.54) is 30.3 Å². The molecule has 1 aromatic heterocycles. The zero-order valence-corrected chi connectivity index (χ0v) is 17.0. The molecule has 1 aliphatic heterocycles. The SMILES string of the molecule is O=C(Nc1ccc(S(=O)(=O)NC2CCOC2=O)cc1)c1cc(Br)c(Br)o1. The van der Waals surface area contributed by atoms with Crippen LogP contribution in [0.1, 0.15) is 17.0 Å². The van der Waals surface area contributed by atoms with Crippen LogP contribution in [0.2, 0.25) is 0 Å². The highest BCUT2D eigenvalue weighted by atomic mass is 79.9. The first-order chi connectivity index (χ1) is 12.3. The Morgan fingerprint density at radius 2 is 1.88 bits per heavy atom. The van der Waals surface area contributed by atoms with Gasteiger partial charge in [-0.25, -0.2) is 8.42 Å². The smallest absolute Gasteiger partial charge is 0.324 e. The van der Waals surface area contributed by atoms with Crippen LogP contribution in [-0.4, -0.2) is 32.9 Å². The second-order valence-electron chi connectivity index (χ2n) is 5.34. The summed E-state index contributed by atoms with van der Waals surface area (Å²) in [5.41, 5.74) is 0.387. The van der Waals surface area contributed by atoms with E-state index < -0.39 is 27.9 Å². The van der Waals surface area contributed by atoms with Crippen LogP contribution in [0.25, 0.3) is 0 Å². The molecule has 1 amide bonds. The first-order valence-electron chi connectivity index (χ1n) is 7.31. The molecule has 138 valence electrons. The number of nitrogens with one attached hydrogen (secondary N) is 2. The van der Waals surface area contributed by atoms with E-state index >= 15 is 0 Å². The molecule has 2 N–H and O–H groups in total. The zero-order valence-electron chi connectivity index (χ0n) is 13.0. The lowest BCUT2D eigenvalue weighted by atomic mass is 10.3. The Hall–Kier alpha value is -1.69. The number of esters is 1. The maximum Gasteiger partial charge on any atom is 0.324 e. The number of sulfonamides is 1. The first kappa shape index (κ1) is 19.1. The van der Waals surface area contributed by atoms with Crippen molar-refractivity contribution in [1.29, 1.82) is 0 Å². The lowest BCUT2D eigenvalue weighted by molar-refractivity contribution is -0.139. The molecule has 1 saturated heterocycles. The van der Waals surface area contributed by atoms with Crippen LogP contribution in [0, 0.1) is 0 Å². The monoisotopic (exact) mass is 506 g/mol. The molecule has 1 aliphatic rings. The fraction of sp³-hybridized carbons (Fsp3) is 0.200. The van der Waals surface area contributed by atoms with E-state index in [1.54, 1.807) is 0 Å². The quantitative estimate of drug-likeness (QED) is 0.601. The minimum Gasteiger partial charge on any atom is -0.464 e. The van der Waals surface area contributed by atoms with E-state index in [4.69, 9.17) is 9.15 Å². The Kier molecular flexibility index (Phi) is 5.51. The Morgan fingerprint density at radius 3 is 2.42 bits per heavy atom. The van der Waals surface area contributed by atoms with E-state index in [9.17, 15) is 18.0 Å². The van der Waals surface area contributed by atoms with Crippen molar-refractivity contribution in [3.63, 3.8) is 0 Å². The molecule has 0 bridgehead atoms. The van der Waals surface area contributed by atoms with E-state index in [-0.39, 0.29) is 17.3 Å². The third kappa shape index (κ3) is 4.17. The lowest BCUT2D eigenvalue weighted by Crippen LogP contribution is -2.37. The van der Waals surface area contributed by atoms with Gasteiger partial charge in [0.1, 0.15) is 6.04 Å². The molecule has 2 heterocycles. The second-order valence-corrected chi connectivity index (χ2v) is 8.63. The van der Waals surface area contributed by atoms with Gasteiger partial charge in [-0.1, -0.05) is 0 Å². The number of amides is 1. The summed E-state index contributed by atoms with van der Waals surface area (Å²) in [5, 5.41) is 2.59. The molecule has 1 aromatic carbocycles. The first-order valence-corrected chi connectivity index (χ1v) is 10.4. The lowest BCUT2D eigenvalue weighted by Gasteiger charge is -2.10. The molecule has 1 fully saturated rings. The number of rotatable bonds is 5. The molecule has 0 radical (unpaired) electrons. The highest BCUT2D eigenvalue weighted by Crippen LogP contribution is 2.27. The van der Waals surface area contributed by atoms with Gasteiger partial charge in [-0.2, -0.15) is 4.72 Å². The van der Waals surface area contributed by atoms with Gasteiger partial charge in [0.2, 0.25) is 10.0 Å². The van der Waals surface area contributed by atoms with Gasteiger partial charge in [-0.3, -0.25) is 9.59 Å². The minimum atomic E-state index is -3.87. The summed E-state index contributed by atoms with van der Waals surface area (Å²) in [7, 11) is -3.87. The van der Waals surface area contributed by atoms with Gasteiger partial charge in [0, 0.05) is 18.2 Å². The average molecular weight is 508 g/mol. The van der Waals surface area contributed by atoms with Gasteiger partial charge in [0.25, 0.3) is 5.91 Å². The van der Waals surface area contributed by atoms with Crippen molar-refractivity contribution >= 4 is 59.4 Å². The number of ether oxygens (including phenoxy) is 1. The number of carbonyl (C=O) groups excluding carboxylic acids is 2. The fourth-order valence-electron chi connectivity index (χ4n) is 2.23. The highest BCUT2D eigenvalue weighted by Gasteiger charge is 2.31. The minimum absolute atomic E-state index is 0.0290. The predicted octanol–water partition coefficient (Wildman–Crippen LogP) is 2.65. The normalized spacial score (nSPS) is 17.2. The van der Waals surface area contributed by atoms with Crippen LogP contribution in [0.4, 0.5) is 5.69 Å². The van der Waals surface area contributed by atoms with Crippen LogP contribution in [-0.2, 0) is 19.6 Å². The van der Waals surface area contributed by atoms with Crippen molar-refractivity contribution in [2.24, 2.45) is 0 Å². The number of carbonyl (C=O) groups is 2. The van der Waals surface area contributed by atoms with Crippen LogP contribution < -0.4 is 10.0 Å². The number of hydrogen-bond donors (Lipinski definition) is 2. The molecular weight excluding hydrogens is 496 g/mol. The predicted molar refractivity (Wildman–Crippen MR) is 98.2 cm³/mol. The Bertz CT molecular complexity index is 936. The number of anilines is 1. The fourth-order valence-corrected chi connectivity index (χ4v) is 4.02. The molecular formula is C15H12Br2N2O6S. The molecule has 11 heteroatoms. The zero-order chi connectivity index (χ0) is 18.9. The molecule has 0 saturated carbocycles. The second kappa shape index (κ2) is 7.51. The van der Waals surface area contributed by atoms with Crippen LogP contribution in [0.15, 0.2) is 48.8 Å². The van der Waals surface area contributed by atoms with Crippen molar-refractivity contribution in [1.82, 2.24) is 4.72 Å². The van der Waals surface area contributed by atoms with E-state index in [0.717, 1.165) is 0 Å². The van der Waals surface area contributed by atoms with Crippen molar-refractivity contribution in [2.75, 3.05) is 11.9 Å². The molecule has 26 heavy (non-hydrogen) atoms. The van der Waals surface area contributed by atoms with Gasteiger partial charge >= 0.3 is 5.97 Å². The average Bonchev–Trinajstić information content (AvgIpc) is 3.14. The summed E-state index contributed by atoms with van der Waals surface area (Å²) >= 11 is 6.36. The van der Waals surface area contributed by atoms with Crippen molar-refractivity contribution < 1.29 is 27.2 Å². The van der Waals surface area contributed by atoms with Gasteiger partial charge in [-0.05, 0) is 56.1 Å². The van der Waals surface area contributed by atoms with Crippen LogP contribution in [0.3, 0.4) is 0 Å².